The van der Waals surface area contributed by atoms with Gasteiger partial charge in [0.15, 0.2) is 5.78 Å². The molecule has 0 aromatic heterocycles. The SMILES string of the molecule is O=C(CO)CC(=O)Cc1cccc(CN[C@@H](Cc2ccccc2)C(=O)O)c1. The predicted molar refractivity (Wildman–Crippen MR) is 100 cm³/mol. The van der Waals surface area contributed by atoms with Gasteiger partial charge in [0.1, 0.15) is 18.4 Å². The number of aliphatic hydroxyl groups excluding tert-OH is 1. The molecule has 2 aromatic carbocycles. The molecule has 0 bridgehead atoms. The highest BCUT2D eigenvalue weighted by Crippen LogP contribution is 2.09. The first kappa shape index (κ1) is 20.5. The van der Waals surface area contributed by atoms with Crippen LogP contribution in [0.3, 0.4) is 0 Å². The molecule has 6 heteroatoms. The van der Waals surface area contributed by atoms with Gasteiger partial charge >= 0.3 is 5.97 Å². The molecule has 1 atom stereocenters. The number of carbonyl (C=O) groups is 3. The fraction of sp³-hybridized carbons (Fsp3) is 0.286. The molecule has 0 radical (unpaired) electrons. The second-order valence-corrected chi connectivity index (χ2v) is 6.37. The van der Waals surface area contributed by atoms with E-state index in [-0.39, 0.29) is 18.6 Å². The van der Waals surface area contributed by atoms with Crippen LogP contribution in [-0.2, 0) is 33.8 Å². The summed E-state index contributed by atoms with van der Waals surface area (Å²) < 4.78 is 0. The number of aliphatic hydroxyl groups is 1. The molecular weight excluding hydrogens is 346 g/mol. The number of carboxylic acid groups (broad SMARTS) is 1. The van der Waals surface area contributed by atoms with E-state index in [1.54, 1.807) is 12.1 Å². The molecular formula is C21H23NO5. The lowest BCUT2D eigenvalue weighted by Gasteiger charge is -2.15. The molecule has 3 N–H and O–H groups in total. The van der Waals surface area contributed by atoms with E-state index < -0.39 is 24.4 Å². The third kappa shape index (κ3) is 7.13. The minimum atomic E-state index is -0.923. The van der Waals surface area contributed by atoms with Gasteiger partial charge < -0.3 is 15.5 Å². The van der Waals surface area contributed by atoms with Crippen molar-refractivity contribution in [1.29, 1.82) is 0 Å². The van der Waals surface area contributed by atoms with Crippen molar-refractivity contribution in [2.75, 3.05) is 6.61 Å². The highest BCUT2D eigenvalue weighted by Gasteiger charge is 2.17. The van der Waals surface area contributed by atoms with Crippen LogP contribution in [0, 0.1) is 0 Å². The van der Waals surface area contributed by atoms with E-state index in [0.717, 1.165) is 16.7 Å². The Morgan fingerprint density at radius 1 is 0.889 bits per heavy atom. The van der Waals surface area contributed by atoms with E-state index in [2.05, 4.69) is 5.32 Å². The van der Waals surface area contributed by atoms with Crippen LogP contribution in [0.5, 0.6) is 0 Å². The third-order valence-electron chi connectivity index (χ3n) is 4.10. The maximum Gasteiger partial charge on any atom is 0.321 e. The number of hydrogen-bond donors (Lipinski definition) is 3. The van der Waals surface area contributed by atoms with Gasteiger partial charge in [0.05, 0.1) is 6.42 Å². The van der Waals surface area contributed by atoms with Crippen molar-refractivity contribution in [3.63, 3.8) is 0 Å². The monoisotopic (exact) mass is 369 g/mol. The highest BCUT2D eigenvalue weighted by molar-refractivity contribution is 6.00. The number of carboxylic acids is 1. The van der Waals surface area contributed by atoms with Crippen LogP contribution in [0.4, 0.5) is 0 Å². The molecule has 0 aliphatic rings. The average molecular weight is 369 g/mol. The number of benzene rings is 2. The molecule has 2 rings (SSSR count). The van der Waals surface area contributed by atoms with Crippen molar-refractivity contribution in [3.8, 4) is 0 Å². The van der Waals surface area contributed by atoms with Crippen LogP contribution in [0.2, 0.25) is 0 Å². The summed E-state index contributed by atoms with van der Waals surface area (Å²) in [7, 11) is 0. The van der Waals surface area contributed by atoms with Gasteiger partial charge in [-0.25, -0.2) is 0 Å². The Balaban J connectivity index is 1.95. The molecule has 0 spiro atoms. The van der Waals surface area contributed by atoms with E-state index in [9.17, 15) is 19.5 Å². The lowest BCUT2D eigenvalue weighted by atomic mass is 10.0. The largest absolute Gasteiger partial charge is 0.480 e. The van der Waals surface area contributed by atoms with Crippen molar-refractivity contribution < 1.29 is 24.6 Å². The molecule has 27 heavy (non-hydrogen) atoms. The van der Waals surface area contributed by atoms with E-state index in [0.29, 0.717) is 13.0 Å². The molecule has 0 aliphatic heterocycles. The fourth-order valence-corrected chi connectivity index (χ4v) is 2.75. The van der Waals surface area contributed by atoms with Crippen molar-refractivity contribution in [2.24, 2.45) is 0 Å². The summed E-state index contributed by atoms with van der Waals surface area (Å²) in [6.45, 7) is -0.283. The van der Waals surface area contributed by atoms with Gasteiger partial charge in [0.2, 0.25) is 0 Å². The summed E-state index contributed by atoms with van der Waals surface area (Å²) in [4.78, 5) is 34.5. The van der Waals surface area contributed by atoms with Crippen LogP contribution >= 0.6 is 0 Å². The Morgan fingerprint density at radius 2 is 1.56 bits per heavy atom. The summed E-state index contributed by atoms with van der Waals surface area (Å²) in [6, 6.07) is 15.9. The summed E-state index contributed by atoms with van der Waals surface area (Å²) in [5, 5.41) is 21.2. The zero-order valence-corrected chi connectivity index (χ0v) is 14.9. The third-order valence-corrected chi connectivity index (χ3v) is 4.10. The van der Waals surface area contributed by atoms with E-state index in [1.807, 2.05) is 42.5 Å². The molecule has 0 fully saturated rings. The van der Waals surface area contributed by atoms with Crippen molar-refractivity contribution >= 4 is 17.5 Å². The molecule has 0 aliphatic carbocycles. The molecule has 0 amide bonds. The lowest BCUT2D eigenvalue weighted by Crippen LogP contribution is -2.38. The number of aliphatic carboxylic acids is 1. The van der Waals surface area contributed by atoms with Crippen LogP contribution in [0.25, 0.3) is 0 Å². The zero-order valence-electron chi connectivity index (χ0n) is 14.9. The smallest absolute Gasteiger partial charge is 0.321 e. The van der Waals surface area contributed by atoms with E-state index >= 15 is 0 Å². The number of nitrogens with one attached hydrogen (secondary N) is 1. The Kier molecular flexibility index (Phi) is 7.85. The summed E-state index contributed by atoms with van der Waals surface area (Å²) in [5.74, 6) is -1.68. The zero-order chi connectivity index (χ0) is 19.6. The first-order valence-electron chi connectivity index (χ1n) is 8.70. The van der Waals surface area contributed by atoms with Crippen LogP contribution in [0.15, 0.2) is 54.6 Å². The van der Waals surface area contributed by atoms with E-state index in [4.69, 9.17) is 5.11 Å². The first-order chi connectivity index (χ1) is 13.0. The summed E-state index contributed by atoms with van der Waals surface area (Å²) >= 11 is 0. The highest BCUT2D eigenvalue weighted by atomic mass is 16.4. The van der Waals surface area contributed by atoms with Gasteiger partial charge in [-0.15, -0.1) is 0 Å². The second kappa shape index (κ2) is 10.4. The minimum Gasteiger partial charge on any atom is -0.480 e. The van der Waals surface area contributed by atoms with Crippen LogP contribution in [-0.4, -0.2) is 40.4 Å². The fourth-order valence-electron chi connectivity index (χ4n) is 2.75. The first-order valence-corrected chi connectivity index (χ1v) is 8.70. The number of carbonyl (C=O) groups excluding carboxylic acids is 2. The van der Waals surface area contributed by atoms with E-state index in [1.165, 1.54) is 0 Å². The Hall–Kier alpha value is -2.83. The molecule has 6 nitrogen and oxygen atoms in total. The Labute approximate surface area is 157 Å². The minimum absolute atomic E-state index is 0.103. The molecule has 0 heterocycles. The van der Waals surface area contributed by atoms with Crippen LogP contribution < -0.4 is 5.32 Å². The molecule has 0 saturated heterocycles. The van der Waals surface area contributed by atoms with Crippen molar-refractivity contribution in [2.45, 2.75) is 31.8 Å². The van der Waals surface area contributed by atoms with Gasteiger partial charge in [-0.05, 0) is 23.1 Å². The Bertz CT molecular complexity index is 788. The maximum absolute atomic E-state index is 11.8. The Morgan fingerprint density at radius 3 is 2.22 bits per heavy atom. The maximum atomic E-state index is 11.8. The average Bonchev–Trinajstić information content (AvgIpc) is 2.65. The van der Waals surface area contributed by atoms with Crippen molar-refractivity contribution in [1.82, 2.24) is 5.32 Å². The molecule has 2 aromatic rings. The normalized spacial score (nSPS) is 11.7. The summed E-state index contributed by atoms with van der Waals surface area (Å²) in [6.07, 6.45) is 0.195. The predicted octanol–water partition coefficient (Wildman–Crippen LogP) is 1.54. The van der Waals surface area contributed by atoms with Gasteiger partial charge in [-0.2, -0.15) is 0 Å². The number of Topliss-reactive ketones (excluding diaryl/α,β-unsaturated/α-hetero) is 2. The van der Waals surface area contributed by atoms with Gasteiger partial charge in [0, 0.05) is 13.0 Å². The quantitative estimate of drug-likeness (QED) is 0.519. The van der Waals surface area contributed by atoms with Gasteiger partial charge in [0.25, 0.3) is 0 Å². The number of ketones is 2. The van der Waals surface area contributed by atoms with Crippen LogP contribution in [0.1, 0.15) is 23.1 Å². The number of rotatable bonds is 11. The molecule has 0 unspecified atom stereocenters. The molecule has 142 valence electrons. The summed E-state index contributed by atoms with van der Waals surface area (Å²) in [5.41, 5.74) is 2.54. The van der Waals surface area contributed by atoms with Gasteiger partial charge in [-0.3, -0.25) is 14.4 Å². The van der Waals surface area contributed by atoms with Crippen molar-refractivity contribution in [3.05, 3.63) is 71.3 Å². The lowest BCUT2D eigenvalue weighted by molar-refractivity contribution is -0.139. The topological polar surface area (TPSA) is 104 Å². The standard InChI is InChI=1S/C21H23NO5/c23-14-19(25)12-18(24)10-16-7-4-8-17(9-16)13-22-20(21(26)27)11-15-5-2-1-3-6-15/h1-9,20,22-23H,10-14H2,(H,26,27)/t20-/m0/s1. The molecule has 0 saturated carbocycles. The number of hydrogen-bond acceptors (Lipinski definition) is 5. The second-order valence-electron chi connectivity index (χ2n) is 6.37. The van der Waals surface area contributed by atoms with Gasteiger partial charge in [-0.1, -0.05) is 54.6 Å².